The number of furan rings is 1. The summed E-state index contributed by atoms with van der Waals surface area (Å²) in [5.41, 5.74) is 11.4. The van der Waals surface area contributed by atoms with Gasteiger partial charge in [0.2, 0.25) is 0 Å². The Labute approximate surface area is 370 Å². The Morgan fingerprint density at radius 3 is 1.65 bits per heavy atom. The molecule has 13 rings (SSSR count). The molecule has 0 saturated heterocycles. The molecule has 63 heavy (non-hydrogen) atoms. The Balaban J connectivity index is 0.914. The molecule has 0 atom stereocenters. The fourth-order valence-electron chi connectivity index (χ4n) is 9.00. The van der Waals surface area contributed by atoms with Gasteiger partial charge in [-0.25, -0.2) is 15.0 Å². The number of hydrogen-bond acceptors (Lipinski definition) is 6. The molecule has 0 aliphatic carbocycles. The monoisotopic (exact) mass is 839 g/mol. The number of fused-ring (bicyclic) bond motifs is 9. The maximum Gasteiger partial charge on any atom is 0.165 e. The highest BCUT2D eigenvalue weighted by atomic mass is 32.1. The Morgan fingerprint density at radius 1 is 0.286 bits per heavy atom. The van der Waals surface area contributed by atoms with Crippen LogP contribution in [0.4, 0.5) is 0 Å². The van der Waals surface area contributed by atoms with Crippen molar-refractivity contribution in [3.63, 3.8) is 0 Å². The molecule has 0 unspecified atom stereocenters. The first-order chi connectivity index (χ1) is 31.2. The zero-order valence-electron chi connectivity index (χ0n) is 33.6. The van der Waals surface area contributed by atoms with Crippen molar-refractivity contribution in [3.8, 4) is 67.5 Å². The van der Waals surface area contributed by atoms with Crippen molar-refractivity contribution in [2.24, 2.45) is 0 Å². The standard InChI is InChI=1S/C57H33N3OS2/c1-2-10-34(11-3-1)37-12-8-13-38(30-37)35-20-22-36(23-21-35)55-58-56(60-57(59-55)47-17-9-16-46-44-15-5-7-19-52(44)63-54(46)47)41-25-27-42-48-31-39(26-29-49(48)61-50(42)32-41)40-24-28-45-43-14-4-6-18-51(43)62-53(45)33-40/h1-33H. The normalized spacial score (nSPS) is 11.8. The first kappa shape index (κ1) is 35.9. The summed E-state index contributed by atoms with van der Waals surface area (Å²) < 4.78 is 11.6. The molecule has 0 aliphatic rings. The van der Waals surface area contributed by atoms with Crippen molar-refractivity contribution < 1.29 is 4.42 Å². The van der Waals surface area contributed by atoms with Gasteiger partial charge in [-0.3, -0.25) is 0 Å². The number of rotatable bonds is 6. The number of nitrogens with zero attached hydrogens (tertiary/aromatic N) is 3. The van der Waals surface area contributed by atoms with Crippen LogP contribution in [0.2, 0.25) is 0 Å². The van der Waals surface area contributed by atoms with Gasteiger partial charge in [-0.05, 0) is 88.0 Å². The van der Waals surface area contributed by atoms with Gasteiger partial charge in [0, 0.05) is 67.8 Å². The van der Waals surface area contributed by atoms with Crippen LogP contribution in [0.5, 0.6) is 0 Å². The van der Waals surface area contributed by atoms with E-state index in [1.54, 1.807) is 11.3 Å². The van der Waals surface area contributed by atoms with Crippen molar-refractivity contribution >= 4 is 85.0 Å². The topological polar surface area (TPSA) is 51.8 Å². The quantitative estimate of drug-likeness (QED) is 0.167. The molecule has 0 radical (unpaired) electrons. The molecule has 0 saturated carbocycles. The van der Waals surface area contributed by atoms with E-state index in [0.717, 1.165) is 60.0 Å². The minimum absolute atomic E-state index is 0.590. The van der Waals surface area contributed by atoms with Crippen LogP contribution >= 0.6 is 22.7 Å². The lowest BCUT2D eigenvalue weighted by molar-refractivity contribution is 0.669. The summed E-state index contributed by atoms with van der Waals surface area (Å²) in [5.74, 6) is 1.84. The maximum absolute atomic E-state index is 6.56. The summed E-state index contributed by atoms with van der Waals surface area (Å²) in [5, 5.41) is 7.17. The third-order valence-electron chi connectivity index (χ3n) is 12.2. The predicted octanol–water partition coefficient (Wildman–Crippen LogP) is 16.5. The van der Waals surface area contributed by atoms with Crippen LogP contribution < -0.4 is 0 Å². The maximum atomic E-state index is 6.56. The number of benzene rings is 9. The van der Waals surface area contributed by atoms with Gasteiger partial charge in [0.1, 0.15) is 11.2 Å². The molecule has 13 aromatic rings. The SMILES string of the molecule is c1ccc(-c2cccc(-c3ccc(-c4nc(-c5ccc6c(c5)oc5ccc(-c7ccc8c(c7)sc7ccccc78)cc56)nc(-c5cccc6c5sc5ccccc56)n4)cc3)c2)cc1. The molecule has 4 aromatic heterocycles. The van der Waals surface area contributed by atoms with E-state index in [9.17, 15) is 0 Å². The molecule has 4 heterocycles. The van der Waals surface area contributed by atoms with Crippen molar-refractivity contribution in [1.29, 1.82) is 0 Å². The number of thiophene rings is 2. The van der Waals surface area contributed by atoms with Crippen LogP contribution in [-0.2, 0) is 0 Å². The molecule has 0 aliphatic heterocycles. The van der Waals surface area contributed by atoms with Gasteiger partial charge in [0.25, 0.3) is 0 Å². The second-order valence-electron chi connectivity index (χ2n) is 15.9. The molecule has 294 valence electrons. The third-order valence-corrected chi connectivity index (χ3v) is 14.5. The fourth-order valence-corrected chi connectivity index (χ4v) is 11.4. The fraction of sp³-hybridized carbons (Fsp3) is 0. The third kappa shape index (κ3) is 6.14. The average molecular weight is 840 g/mol. The summed E-state index contributed by atoms with van der Waals surface area (Å²) >= 11 is 3.62. The second-order valence-corrected chi connectivity index (χ2v) is 18.1. The zero-order valence-corrected chi connectivity index (χ0v) is 35.3. The van der Waals surface area contributed by atoms with Gasteiger partial charge in [-0.15, -0.1) is 22.7 Å². The zero-order chi connectivity index (χ0) is 41.4. The summed E-state index contributed by atoms with van der Waals surface area (Å²) in [7, 11) is 0. The van der Waals surface area contributed by atoms with Crippen molar-refractivity contribution in [1.82, 2.24) is 15.0 Å². The number of hydrogen-bond donors (Lipinski definition) is 0. The van der Waals surface area contributed by atoms with E-state index < -0.39 is 0 Å². The summed E-state index contributed by atoms with van der Waals surface area (Å²) in [4.78, 5) is 15.6. The Hall–Kier alpha value is -7.77. The molecule has 4 nitrogen and oxygen atoms in total. The van der Waals surface area contributed by atoms with Crippen LogP contribution in [0.1, 0.15) is 0 Å². The largest absolute Gasteiger partial charge is 0.456 e. The van der Waals surface area contributed by atoms with Gasteiger partial charge in [-0.1, -0.05) is 146 Å². The van der Waals surface area contributed by atoms with Gasteiger partial charge in [0.05, 0.1) is 0 Å². The van der Waals surface area contributed by atoms with Crippen LogP contribution in [-0.4, -0.2) is 15.0 Å². The van der Waals surface area contributed by atoms with Crippen molar-refractivity contribution in [2.45, 2.75) is 0 Å². The second kappa shape index (κ2) is 14.4. The number of aromatic nitrogens is 3. The Kier molecular flexibility index (Phi) is 8.22. The molecule has 6 heteroatoms. The van der Waals surface area contributed by atoms with Crippen LogP contribution in [0.3, 0.4) is 0 Å². The van der Waals surface area contributed by atoms with Gasteiger partial charge < -0.3 is 4.42 Å². The van der Waals surface area contributed by atoms with E-state index in [2.05, 4.69) is 194 Å². The lowest BCUT2D eigenvalue weighted by atomic mass is 9.98. The highest BCUT2D eigenvalue weighted by molar-refractivity contribution is 7.26. The molecular formula is C57H33N3OS2. The highest BCUT2D eigenvalue weighted by Crippen LogP contribution is 2.41. The van der Waals surface area contributed by atoms with Crippen LogP contribution in [0.25, 0.3) is 130 Å². The summed E-state index contributed by atoms with van der Waals surface area (Å²) in [6.45, 7) is 0. The van der Waals surface area contributed by atoms with E-state index in [-0.39, 0.29) is 0 Å². The lowest BCUT2D eigenvalue weighted by Gasteiger charge is -2.10. The first-order valence-corrected chi connectivity index (χ1v) is 22.6. The van der Waals surface area contributed by atoms with Crippen molar-refractivity contribution in [3.05, 3.63) is 200 Å². The summed E-state index contributed by atoms with van der Waals surface area (Å²) in [6, 6.07) is 71.0. The van der Waals surface area contributed by atoms with E-state index in [1.165, 1.54) is 52.3 Å². The molecule has 0 amide bonds. The van der Waals surface area contributed by atoms with E-state index in [4.69, 9.17) is 19.4 Å². The van der Waals surface area contributed by atoms with E-state index in [0.29, 0.717) is 17.5 Å². The van der Waals surface area contributed by atoms with Crippen LogP contribution in [0, 0.1) is 0 Å². The summed E-state index contributed by atoms with van der Waals surface area (Å²) in [6.07, 6.45) is 0. The highest BCUT2D eigenvalue weighted by Gasteiger charge is 2.19. The minimum atomic E-state index is 0.590. The van der Waals surface area contributed by atoms with E-state index >= 15 is 0 Å². The Morgan fingerprint density at radius 2 is 0.825 bits per heavy atom. The van der Waals surface area contributed by atoms with Gasteiger partial charge in [-0.2, -0.15) is 0 Å². The lowest BCUT2D eigenvalue weighted by Crippen LogP contribution is -2.00. The molecule has 0 N–H and O–H groups in total. The van der Waals surface area contributed by atoms with Crippen molar-refractivity contribution in [2.75, 3.05) is 0 Å². The molecule has 0 bridgehead atoms. The molecule has 0 fully saturated rings. The molecular weight excluding hydrogens is 807 g/mol. The smallest absolute Gasteiger partial charge is 0.165 e. The average Bonchev–Trinajstić information content (AvgIpc) is 4.05. The Bertz CT molecular complexity index is 3920. The molecule has 9 aromatic carbocycles. The predicted molar refractivity (Wildman–Crippen MR) is 265 cm³/mol. The van der Waals surface area contributed by atoms with Crippen LogP contribution in [0.15, 0.2) is 205 Å². The van der Waals surface area contributed by atoms with Gasteiger partial charge >= 0.3 is 0 Å². The minimum Gasteiger partial charge on any atom is -0.456 e. The van der Waals surface area contributed by atoms with E-state index in [1.807, 2.05) is 17.4 Å². The molecule has 0 spiro atoms. The van der Waals surface area contributed by atoms with Gasteiger partial charge in [0.15, 0.2) is 17.5 Å². The first-order valence-electron chi connectivity index (χ1n) is 21.0.